The summed E-state index contributed by atoms with van der Waals surface area (Å²) in [5, 5.41) is 26.6. The highest BCUT2D eigenvalue weighted by Gasteiger charge is 2.78. The maximum atomic E-state index is 13.8. The largest absolute Gasteiger partial charge is 0.462 e. The molecule has 0 aromatic heterocycles. The average molecular weight is 701 g/mol. The number of allylic oxidation sites excluding steroid dienone is 1. The number of fused-ring (bicyclic) bond motifs is 1. The number of carbonyl (C=O) groups is 2. The molecule has 1 heterocycles. The molecule has 0 radical (unpaired) electrons. The molecule has 1 aromatic rings. The van der Waals surface area contributed by atoms with Crippen molar-refractivity contribution in [3.05, 3.63) is 59.7 Å². The minimum atomic E-state index is -1.27. The first-order valence-electron chi connectivity index (χ1n) is 20.5. The number of carbonyl (C=O) groups excluding carboxylic acids is 2. The lowest BCUT2D eigenvalue weighted by Gasteiger charge is -2.74. The van der Waals surface area contributed by atoms with Gasteiger partial charge in [0.05, 0.1) is 11.7 Å². The van der Waals surface area contributed by atoms with Gasteiger partial charge >= 0.3 is 11.9 Å². The minimum absolute atomic E-state index is 0.0672. The van der Waals surface area contributed by atoms with Crippen LogP contribution in [0.4, 0.5) is 0 Å². The van der Waals surface area contributed by atoms with Gasteiger partial charge in [0.15, 0.2) is 0 Å². The Morgan fingerprint density at radius 3 is 2.49 bits per heavy atom. The molecule has 1 aliphatic heterocycles. The van der Waals surface area contributed by atoms with Crippen LogP contribution in [-0.4, -0.2) is 46.6 Å². The predicted octanol–water partition coefficient (Wildman–Crippen LogP) is 9.07. The van der Waals surface area contributed by atoms with E-state index in [0.29, 0.717) is 42.9 Å². The van der Waals surface area contributed by atoms with Crippen LogP contribution in [-0.2, 0) is 25.5 Å². The summed E-state index contributed by atoms with van der Waals surface area (Å²) in [7, 11) is 0. The lowest BCUT2D eigenvalue weighted by atomic mass is 9.32. The number of hydrogen-bond acceptors (Lipinski definition) is 6. The number of ether oxygens (including phenoxy) is 2. The van der Waals surface area contributed by atoms with Gasteiger partial charge < -0.3 is 19.7 Å². The fraction of sp³-hybridized carbons (Fsp3) is 0.733. The summed E-state index contributed by atoms with van der Waals surface area (Å²) in [6.07, 6.45) is 22.2. The van der Waals surface area contributed by atoms with Crippen LogP contribution in [0.5, 0.6) is 0 Å². The van der Waals surface area contributed by atoms with E-state index < -0.39 is 22.5 Å². The number of benzene rings is 1. The van der Waals surface area contributed by atoms with Crippen LogP contribution < -0.4 is 0 Å². The van der Waals surface area contributed by atoms with Gasteiger partial charge in [-0.1, -0.05) is 88.9 Å². The molecule has 51 heavy (non-hydrogen) atoms. The molecule has 7 rings (SSSR count). The molecule has 2 bridgehead atoms. The number of aryl methyl sites for hydroxylation is 1. The van der Waals surface area contributed by atoms with Gasteiger partial charge in [-0.2, -0.15) is 0 Å². The Labute approximate surface area is 306 Å². The van der Waals surface area contributed by atoms with E-state index in [1.54, 1.807) is 6.08 Å². The zero-order valence-electron chi connectivity index (χ0n) is 31.8. The van der Waals surface area contributed by atoms with Gasteiger partial charge in [0.2, 0.25) is 0 Å². The Bertz CT molecular complexity index is 1490. The molecule has 6 aliphatic rings. The number of rotatable bonds is 12. The predicted molar refractivity (Wildman–Crippen MR) is 199 cm³/mol. The molecular formula is C45H64O6. The summed E-state index contributed by atoms with van der Waals surface area (Å²) < 4.78 is 11.8. The highest BCUT2D eigenvalue weighted by Crippen LogP contribution is 2.75. The van der Waals surface area contributed by atoms with E-state index >= 15 is 0 Å². The zero-order valence-corrected chi connectivity index (χ0v) is 31.8. The molecule has 10 atom stereocenters. The van der Waals surface area contributed by atoms with Crippen molar-refractivity contribution in [2.45, 2.75) is 155 Å². The number of esters is 2. The van der Waals surface area contributed by atoms with Crippen LogP contribution >= 0.6 is 0 Å². The van der Waals surface area contributed by atoms with Crippen molar-refractivity contribution in [2.24, 2.45) is 45.3 Å². The molecule has 1 aromatic carbocycles. The molecule has 280 valence electrons. The van der Waals surface area contributed by atoms with E-state index in [0.717, 1.165) is 44.1 Å². The Morgan fingerprint density at radius 1 is 1.02 bits per heavy atom. The molecule has 6 nitrogen and oxygen atoms in total. The number of hydrogen-bond donors (Lipinski definition) is 2. The standard InChI is InChI=1S/C45H64O6/c1-31(11-10-14-33-12-6-5-7-13-33)15-16-35-18-23-41(3)29-37(51-32(2)46)40-42(4,36-19-25-43(28-36)21-8-9-22-43)24-20-38(47)45(35,40)44(41,49)26-17-34-27-39(48)50-30-34/h5-7,12-13,18,23,27,31,35-38,40,47,49H,8-11,14-17,19-22,24-26,28-30H2,1-4H3/t31-,35+,36+,37-,38-,40+,41+,42+,44-,45+/m1/s1. The van der Waals surface area contributed by atoms with Crippen LogP contribution in [0.15, 0.2) is 54.1 Å². The highest BCUT2D eigenvalue weighted by atomic mass is 16.5. The molecular weight excluding hydrogens is 636 g/mol. The first-order valence-corrected chi connectivity index (χ1v) is 20.5. The summed E-state index contributed by atoms with van der Waals surface area (Å²) in [6, 6.07) is 10.7. The molecule has 2 N–H and O–H groups in total. The second-order valence-corrected chi connectivity index (χ2v) is 18.7. The van der Waals surface area contributed by atoms with Crippen molar-refractivity contribution in [3.63, 3.8) is 0 Å². The maximum absolute atomic E-state index is 13.8. The van der Waals surface area contributed by atoms with Gasteiger partial charge in [-0.25, -0.2) is 4.79 Å². The number of aliphatic hydroxyl groups excluding tert-OH is 1. The fourth-order valence-electron chi connectivity index (χ4n) is 13.3. The van der Waals surface area contributed by atoms with Crippen LogP contribution in [0.2, 0.25) is 0 Å². The van der Waals surface area contributed by atoms with E-state index in [1.807, 2.05) is 0 Å². The van der Waals surface area contributed by atoms with Crippen molar-refractivity contribution in [1.82, 2.24) is 0 Å². The summed E-state index contributed by atoms with van der Waals surface area (Å²) >= 11 is 0. The topological polar surface area (TPSA) is 93.1 Å². The van der Waals surface area contributed by atoms with Crippen molar-refractivity contribution < 1.29 is 29.3 Å². The maximum Gasteiger partial charge on any atom is 0.331 e. The van der Waals surface area contributed by atoms with E-state index in [9.17, 15) is 19.8 Å². The summed E-state index contributed by atoms with van der Waals surface area (Å²) in [5.74, 6) is 0.122. The Balaban J connectivity index is 1.26. The summed E-state index contributed by atoms with van der Waals surface area (Å²) in [6.45, 7) is 8.74. The second kappa shape index (κ2) is 14.1. The molecule has 4 fully saturated rings. The smallest absolute Gasteiger partial charge is 0.331 e. The van der Waals surface area contributed by atoms with Crippen molar-refractivity contribution >= 4 is 11.9 Å². The third-order valence-corrected chi connectivity index (χ3v) is 15.8. The van der Waals surface area contributed by atoms with E-state index in [-0.39, 0.29) is 41.9 Å². The highest BCUT2D eigenvalue weighted by molar-refractivity contribution is 5.85. The molecule has 0 amide bonds. The van der Waals surface area contributed by atoms with Crippen molar-refractivity contribution in [2.75, 3.05) is 6.61 Å². The monoisotopic (exact) mass is 700 g/mol. The van der Waals surface area contributed by atoms with Crippen molar-refractivity contribution in [3.8, 4) is 0 Å². The molecule has 2 spiro atoms. The van der Waals surface area contributed by atoms with Gasteiger partial charge in [0.1, 0.15) is 12.7 Å². The molecule has 4 saturated carbocycles. The van der Waals surface area contributed by atoms with Gasteiger partial charge in [0.25, 0.3) is 0 Å². The molecule has 0 unspecified atom stereocenters. The Kier molecular flexibility index (Phi) is 10.2. The van der Waals surface area contributed by atoms with Gasteiger partial charge in [-0.15, -0.1) is 0 Å². The molecule has 0 saturated heterocycles. The van der Waals surface area contributed by atoms with Crippen LogP contribution in [0.1, 0.15) is 136 Å². The van der Waals surface area contributed by atoms with Gasteiger partial charge in [-0.3, -0.25) is 4.79 Å². The SMILES string of the molecule is CC(=O)O[C@@H]1C[C@]2(C)C=C[C@H](CC[C@H](C)CCCc3ccccc3)[C@@]3([C@H](O)CC[C@@](C)([C@H]4CCC5(CCCC5)C4)[C@H]13)[C@@]2(O)CCC1=CC(=O)OC1. The number of cyclic esters (lactones) is 1. The summed E-state index contributed by atoms with van der Waals surface area (Å²) in [5.41, 5.74) is -0.370. The minimum Gasteiger partial charge on any atom is -0.462 e. The fourth-order valence-corrected chi connectivity index (χ4v) is 13.3. The van der Waals surface area contributed by atoms with Crippen LogP contribution in [0.25, 0.3) is 0 Å². The second-order valence-electron chi connectivity index (χ2n) is 18.7. The Morgan fingerprint density at radius 2 is 1.78 bits per heavy atom. The first kappa shape index (κ1) is 36.9. The van der Waals surface area contributed by atoms with Crippen LogP contribution in [0.3, 0.4) is 0 Å². The Hall–Kier alpha value is -2.44. The lowest BCUT2D eigenvalue weighted by Crippen LogP contribution is -2.79. The summed E-state index contributed by atoms with van der Waals surface area (Å²) in [4.78, 5) is 25.1. The third-order valence-electron chi connectivity index (χ3n) is 15.8. The van der Waals surface area contributed by atoms with E-state index in [1.165, 1.54) is 57.4 Å². The first-order chi connectivity index (χ1) is 24.3. The van der Waals surface area contributed by atoms with E-state index in [4.69, 9.17) is 9.47 Å². The quantitative estimate of drug-likeness (QED) is 0.167. The van der Waals surface area contributed by atoms with Gasteiger partial charge in [0, 0.05) is 29.7 Å². The number of aliphatic hydroxyl groups is 2. The third kappa shape index (κ3) is 6.36. The lowest BCUT2D eigenvalue weighted by molar-refractivity contribution is -0.331. The average Bonchev–Trinajstić information content (AvgIpc) is 3.85. The van der Waals surface area contributed by atoms with Crippen molar-refractivity contribution in [1.29, 1.82) is 0 Å². The van der Waals surface area contributed by atoms with Crippen LogP contribution in [0, 0.1) is 45.3 Å². The molecule has 5 aliphatic carbocycles. The molecule has 6 heteroatoms. The normalized spacial score (nSPS) is 40.2. The van der Waals surface area contributed by atoms with E-state index in [2.05, 4.69) is 63.3 Å². The zero-order chi connectivity index (χ0) is 36.1. The van der Waals surface area contributed by atoms with Gasteiger partial charge in [-0.05, 0) is 123 Å².